The lowest BCUT2D eigenvalue weighted by Crippen LogP contribution is -2.50. The standard InChI is InChI=1S/C11H16ClN3O2S/c12-11-3-1-2-10(8-11)9-14-4-6-15(7-5-14)18(13,16)17/h1-3,8H,4-7,9H2,(H2,13,16,17). The maximum Gasteiger partial charge on any atom is 0.276 e. The van der Waals surface area contributed by atoms with Crippen molar-refractivity contribution in [1.82, 2.24) is 9.21 Å². The van der Waals surface area contributed by atoms with E-state index < -0.39 is 10.2 Å². The number of benzene rings is 1. The van der Waals surface area contributed by atoms with Gasteiger partial charge in [-0.05, 0) is 17.7 Å². The molecule has 1 aromatic carbocycles. The summed E-state index contributed by atoms with van der Waals surface area (Å²) in [4.78, 5) is 2.19. The van der Waals surface area contributed by atoms with Gasteiger partial charge in [-0.1, -0.05) is 23.7 Å². The smallest absolute Gasteiger partial charge is 0.276 e. The maximum absolute atomic E-state index is 11.2. The Kier molecular flexibility index (Phi) is 4.24. The average Bonchev–Trinajstić information content (AvgIpc) is 2.28. The van der Waals surface area contributed by atoms with Crippen molar-refractivity contribution in [2.45, 2.75) is 6.54 Å². The molecule has 2 N–H and O–H groups in total. The molecule has 1 aliphatic heterocycles. The van der Waals surface area contributed by atoms with E-state index >= 15 is 0 Å². The summed E-state index contributed by atoms with van der Waals surface area (Å²) < 4.78 is 23.6. The van der Waals surface area contributed by atoms with Gasteiger partial charge in [0.25, 0.3) is 10.2 Å². The van der Waals surface area contributed by atoms with E-state index in [9.17, 15) is 8.42 Å². The predicted molar refractivity (Wildman–Crippen MR) is 71.4 cm³/mol. The first-order chi connectivity index (χ1) is 8.45. The highest BCUT2D eigenvalue weighted by atomic mass is 35.5. The Bertz CT molecular complexity index is 513. The van der Waals surface area contributed by atoms with E-state index in [0.717, 1.165) is 17.1 Å². The Morgan fingerprint density at radius 3 is 2.44 bits per heavy atom. The van der Waals surface area contributed by atoms with Crippen LogP contribution in [0.4, 0.5) is 0 Å². The van der Waals surface area contributed by atoms with Crippen LogP contribution in [-0.4, -0.2) is 43.8 Å². The van der Waals surface area contributed by atoms with Crippen molar-refractivity contribution in [2.75, 3.05) is 26.2 Å². The summed E-state index contributed by atoms with van der Waals surface area (Å²) >= 11 is 5.92. The minimum absolute atomic E-state index is 0.444. The van der Waals surface area contributed by atoms with E-state index in [1.807, 2.05) is 24.3 Å². The molecule has 0 aromatic heterocycles. The molecule has 0 atom stereocenters. The number of nitrogens with two attached hydrogens (primary N) is 1. The molecule has 2 rings (SSSR count). The highest BCUT2D eigenvalue weighted by Crippen LogP contribution is 2.14. The Balaban J connectivity index is 1.91. The highest BCUT2D eigenvalue weighted by Gasteiger charge is 2.23. The van der Waals surface area contributed by atoms with Gasteiger partial charge in [-0.25, -0.2) is 5.14 Å². The van der Waals surface area contributed by atoms with E-state index in [1.54, 1.807) is 0 Å². The highest BCUT2D eigenvalue weighted by molar-refractivity contribution is 7.86. The van der Waals surface area contributed by atoms with E-state index in [4.69, 9.17) is 16.7 Å². The number of rotatable bonds is 3. The normalized spacial score (nSPS) is 19.0. The second-order valence-corrected chi connectivity index (χ2v) is 6.33. The zero-order valence-corrected chi connectivity index (χ0v) is 11.5. The Hall–Kier alpha value is -0.660. The maximum atomic E-state index is 11.2. The van der Waals surface area contributed by atoms with Gasteiger partial charge in [0, 0.05) is 37.7 Å². The van der Waals surface area contributed by atoms with Crippen LogP contribution in [0.3, 0.4) is 0 Å². The van der Waals surface area contributed by atoms with Crippen molar-refractivity contribution in [2.24, 2.45) is 5.14 Å². The van der Waals surface area contributed by atoms with Crippen molar-refractivity contribution < 1.29 is 8.42 Å². The van der Waals surface area contributed by atoms with Crippen LogP contribution in [0.5, 0.6) is 0 Å². The van der Waals surface area contributed by atoms with Crippen LogP contribution in [-0.2, 0) is 16.8 Å². The number of nitrogens with zero attached hydrogens (tertiary/aromatic N) is 2. The summed E-state index contributed by atoms with van der Waals surface area (Å²) in [6, 6.07) is 7.69. The lowest BCUT2D eigenvalue weighted by Gasteiger charge is -2.32. The fourth-order valence-corrected chi connectivity index (χ4v) is 2.92. The van der Waals surface area contributed by atoms with Gasteiger partial charge < -0.3 is 0 Å². The van der Waals surface area contributed by atoms with Gasteiger partial charge in [-0.3, -0.25) is 4.90 Å². The third-order valence-electron chi connectivity index (χ3n) is 2.99. The van der Waals surface area contributed by atoms with Gasteiger partial charge in [0.1, 0.15) is 0 Å². The molecule has 0 saturated carbocycles. The predicted octanol–water partition coefficient (Wildman–Crippen LogP) is 0.661. The van der Waals surface area contributed by atoms with E-state index in [-0.39, 0.29) is 0 Å². The Morgan fingerprint density at radius 2 is 1.89 bits per heavy atom. The zero-order valence-electron chi connectivity index (χ0n) is 9.92. The van der Waals surface area contributed by atoms with Crippen LogP contribution in [0.1, 0.15) is 5.56 Å². The summed E-state index contributed by atoms with van der Waals surface area (Å²) in [6.45, 7) is 3.03. The Morgan fingerprint density at radius 1 is 1.22 bits per heavy atom. The molecule has 5 nitrogen and oxygen atoms in total. The molecule has 1 heterocycles. The van der Waals surface area contributed by atoms with Crippen molar-refractivity contribution in [3.63, 3.8) is 0 Å². The second kappa shape index (κ2) is 5.54. The second-order valence-electron chi connectivity index (χ2n) is 4.35. The molecule has 0 aliphatic carbocycles. The van der Waals surface area contributed by atoms with Gasteiger partial charge >= 0.3 is 0 Å². The quantitative estimate of drug-likeness (QED) is 0.889. The first kappa shape index (κ1) is 13.8. The number of piperazine rings is 1. The van der Waals surface area contributed by atoms with Crippen LogP contribution in [0.2, 0.25) is 5.02 Å². The first-order valence-electron chi connectivity index (χ1n) is 5.70. The number of hydrogen-bond acceptors (Lipinski definition) is 3. The summed E-state index contributed by atoms with van der Waals surface area (Å²) in [6.07, 6.45) is 0. The molecule has 1 fully saturated rings. The molecule has 0 bridgehead atoms. The summed E-state index contributed by atoms with van der Waals surface area (Å²) in [7, 11) is -3.54. The van der Waals surface area contributed by atoms with Crippen LogP contribution < -0.4 is 5.14 Å². The van der Waals surface area contributed by atoms with Gasteiger partial charge in [-0.15, -0.1) is 0 Å². The van der Waals surface area contributed by atoms with Crippen LogP contribution >= 0.6 is 11.6 Å². The lowest BCUT2D eigenvalue weighted by molar-refractivity contribution is 0.181. The summed E-state index contributed by atoms with van der Waals surface area (Å²) in [5.41, 5.74) is 1.13. The van der Waals surface area contributed by atoms with E-state index in [0.29, 0.717) is 26.2 Å². The van der Waals surface area contributed by atoms with Crippen LogP contribution in [0.15, 0.2) is 24.3 Å². The number of halogens is 1. The van der Waals surface area contributed by atoms with Crippen molar-refractivity contribution in [3.8, 4) is 0 Å². The van der Waals surface area contributed by atoms with Gasteiger partial charge in [-0.2, -0.15) is 12.7 Å². The SMILES string of the molecule is NS(=O)(=O)N1CCN(Cc2cccc(Cl)c2)CC1. The van der Waals surface area contributed by atoms with E-state index in [2.05, 4.69) is 4.90 Å². The minimum atomic E-state index is -3.54. The topological polar surface area (TPSA) is 66.6 Å². The summed E-state index contributed by atoms with van der Waals surface area (Å²) in [5, 5.41) is 5.81. The molecular weight excluding hydrogens is 274 g/mol. The van der Waals surface area contributed by atoms with Gasteiger partial charge in [0.05, 0.1) is 0 Å². The molecule has 0 spiro atoms. The molecule has 1 saturated heterocycles. The Labute approximate surface area is 112 Å². The molecule has 100 valence electrons. The molecule has 1 aliphatic rings. The van der Waals surface area contributed by atoms with Gasteiger partial charge in [0.15, 0.2) is 0 Å². The number of hydrogen-bond donors (Lipinski definition) is 1. The monoisotopic (exact) mass is 289 g/mol. The van der Waals surface area contributed by atoms with Crippen LogP contribution in [0, 0.1) is 0 Å². The molecular formula is C11H16ClN3O2S. The summed E-state index contributed by atoms with van der Waals surface area (Å²) in [5.74, 6) is 0. The first-order valence-corrected chi connectivity index (χ1v) is 7.58. The molecule has 0 amide bonds. The van der Waals surface area contributed by atoms with Gasteiger partial charge in [0.2, 0.25) is 0 Å². The molecule has 1 aromatic rings. The largest absolute Gasteiger partial charge is 0.296 e. The van der Waals surface area contributed by atoms with Crippen molar-refractivity contribution >= 4 is 21.8 Å². The van der Waals surface area contributed by atoms with E-state index in [1.165, 1.54) is 4.31 Å². The zero-order chi connectivity index (χ0) is 13.2. The van der Waals surface area contributed by atoms with Crippen molar-refractivity contribution in [1.29, 1.82) is 0 Å². The third-order valence-corrected chi connectivity index (χ3v) is 4.31. The fraction of sp³-hybridized carbons (Fsp3) is 0.455. The minimum Gasteiger partial charge on any atom is -0.296 e. The molecule has 18 heavy (non-hydrogen) atoms. The lowest BCUT2D eigenvalue weighted by atomic mass is 10.2. The third kappa shape index (κ3) is 3.66. The molecule has 7 heteroatoms. The molecule has 0 radical (unpaired) electrons. The fourth-order valence-electron chi connectivity index (χ4n) is 2.04. The molecule has 0 unspecified atom stereocenters. The van der Waals surface area contributed by atoms with Crippen LogP contribution in [0.25, 0.3) is 0 Å². The van der Waals surface area contributed by atoms with Crippen molar-refractivity contribution in [3.05, 3.63) is 34.9 Å². The average molecular weight is 290 g/mol.